The number of rotatable bonds is 9. The summed E-state index contributed by atoms with van der Waals surface area (Å²) < 4.78 is 13.5. The fourth-order valence-corrected chi connectivity index (χ4v) is 3.30. The van der Waals surface area contributed by atoms with Gasteiger partial charge in [-0.25, -0.2) is 0 Å². The Hall–Kier alpha value is -1.81. The fourth-order valence-electron chi connectivity index (χ4n) is 3.30. The van der Waals surface area contributed by atoms with Crippen molar-refractivity contribution in [2.75, 3.05) is 33.4 Å². The van der Waals surface area contributed by atoms with E-state index in [1.165, 1.54) is 11.1 Å². The zero-order valence-electron chi connectivity index (χ0n) is 18.2. The van der Waals surface area contributed by atoms with Gasteiger partial charge in [0, 0.05) is 51.0 Å². The van der Waals surface area contributed by atoms with Gasteiger partial charge in [-0.1, -0.05) is 12.1 Å². The molecule has 0 bridgehead atoms. The van der Waals surface area contributed by atoms with E-state index in [0.29, 0.717) is 19.1 Å². The number of nitrogens with one attached hydrogen (secondary N) is 2. The number of hydrogen-bond donors (Lipinski definition) is 2. The molecule has 1 unspecified atom stereocenters. The molecule has 2 aromatic rings. The van der Waals surface area contributed by atoms with Crippen LogP contribution >= 0.6 is 24.0 Å². The summed E-state index contributed by atoms with van der Waals surface area (Å²) in [4.78, 5) is 4.32. The number of guanidine groups is 1. The van der Waals surface area contributed by atoms with Crippen LogP contribution in [0, 0.1) is 19.8 Å². The number of halogens is 1. The van der Waals surface area contributed by atoms with Gasteiger partial charge in [-0.15, -0.1) is 24.0 Å². The Morgan fingerprint density at radius 2 is 2.17 bits per heavy atom. The smallest absolute Gasteiger partial charge is 0.191 e. The SMILES string of the molecule is CN=C(NCCCn1cc(C)cn1)NCc1ccc(C)cc1OCC1CCOC1.I. The number of benzene rings is 1. The zero-order chi connectivity index (χ0) is 20.5. The summed E-state index contributed by atoms with van der Waals surface area (Å²) in [5, 5.41) is 11.1. The molecule has 3 rings (SSSR count). The highest BCUT2D eigenvalue weighted by Gasteiger charge is 2.17. The second kappa shape index (κ2) is 12.8. The van der Waals surface area contributed by atoms with Gasteiger partial charge in [0.05, 0.1) is 19.4 Å². The molecule has 30 heavy (non-hydrogen) atoms. The lowest BCUT2D eigenvalue weighted by Gasteiger charge is -2.17. The Morgan fingerprint density at radius 3 is 2.87 bits per heavy atom. The van der Waals surface area contributed by atoms with E-state index in [-0.39, 0.29) is 24.0 Å². The van der Waals surface area contributed by atoms with Crippen LogP contribution in [0.4, 0.5) is 0 Å². The molecule has 1 fully saturated rings. The number of aryl methyl sites for hydroxylation is 3. The van der Waals surface area contributed by atoms with Crippen LogP contribution in [0.1, 0.15) is 29.5 Å². The van der Waals surface area contributed by atoms with Crippen LogP contribution in [0.2, 0.25) is 0 Å². The summed E-state index contributed by atoms with van der Waals surface area (Å²) in [6, 6.07) is 6.34. The van der Waals surface area contributed by atoms with Crippen LogP contribution in [0.3, 0.4) is 0 Å². The van der Waals surface area contributed by atoms with Crippen molar-refractivity contribution in [3.8, 4) is 5.75 Å². The minimum atomic E-state index is 0. The van der Waals surface area contributed by atoms with Crippen LogP contribution in [-0.4, -0.2) is 49.2 Å². The number of nitrogens with zero attached hydrogens (tertiary/aromatic N) is 3. The molecule has 8 heteroatoms. The summed E-state index contributed by atoms with van der Waals surface area (Å²) in [5.74, 6) is 2.22. The second-order valence-electron chi connectivity index (χ2n) is 7.64. The van der Waals surface area contributed by atoms with Crippen molar-refractivity contribution in [2.24, 2.45) is 10.9 Å². The Labute approximate surface area is 196 Å². The molecule has 1 aliphatic heterocycles. The van der Waals surface area contributed by atoms with E-state index in [1.807, 2.05) is 10.9 Å². The van der Waals surface area contributed by atoms with Gasteiger partial charge in [0.15, 0.2) is 5.96 Å². The van der Waals surface area contributed by atoms with Crippen LogP contribution in [0.25, 0.3) is 0 Å². The third-order valence-corrected chi connectivity index (χ3v) is 5.01. The molecule has 2 heterocycles. The van der Waals surface area contributed by atoms with Crippen molar-refractivity contribution in [2.45, 2.75) is 39.8 Å². The van der Waals surface area contributed by atoms with E-state index in [9.17, 15) is 0 Å². The van der Waals surface area contributed by atoms with E-state index < -0.39 is 0 Å². The normalized spacial score (nSPS) is 16.2. The minimum Gasteiger partial charge on any atom is -0.493 e. The summed E-state index contributed by atoms with van der Waals surface area (Å²) in [5.41, 5.74) is 3.51. The molecule has 166 valence electrons. The lowest BCUT2D eigenvalue weighted by molar-refractivity contribution is 0.166. The van der Waals surface area contributed by atoms with E-state index in [2.05, 4.69) is 59.0 Å². The minimum absolute atomic E-state index is 0. The Kier molecular flexibility index (Phi) is 10.4. The second-order valence-corrected chi connectivity index (χ2v) is 7.64. The fraction of sp³-hybridized carbons (Fsp3) is 0.545. The predicted octanol–water partition coefficient (Wildman–Crippen LogP) is 3.29. The predicted molar refractivity (Wildman–Crippen MR) is 131 cm³/mol. The van der Waals surface area contributed by atoms with Crippen molar-refractivity contribution < 1.29 is 9.47 Å². The van der Waals surface area contributed by atoms with Crippen LogP contribution < -0.4 is 15.4 Å². The molecule has 0 radical (unpaired) electrons. The lowest BCUT2D eigenvalue weighted by Crippen LogP contribution is -2.37. The van der Waals surface area contributed by atoms with Crippen molar-refractivity contribution in [3.63, 3.8) is 0 Å². The quantitative estimate of drug-likeness (QED) is 0.227. The summed E-state index contributed by atoms with van der Waals surface area (Å²) in [7, 11) is 1.79. The maximum Gasteiger partial charge on any atom is 0.191 e. The molecular weight excluding hydrogens is 493 g/mol. The summed E-state index contributed by atoms with van der Waals surface area (Å²) >= 11 is 0. The number of aliphatic imine (C=N–C) groups is 1. The topological polar surface area (TPSA) is 72.7 Å². The van der Waals surface area contributed by atoms with E-state index in [1.54, 1.807) is 7.05 Å². The van der Waals surface area contributed by atoms with Crippen molar-refractivity contribution in [1.82, 2.24) is 20.4 Å². The molecule has 1 aromatic carbocycles. The van der Waals surface area contributed by atoms with Crippen molar-refractivity contribution in [3.05, 3.63) is 47.3 Å². The number of ether oxygens (including phenoxy) is 2. The van der Waals surface area contributed by atoms with Crippen LogP contribution in [0.15, 0.2) is 35.6 Å². The number of aromatic nitrogens is 2. The maximum absolute atomic E-state index is 6.13. The molecule has 0 amide bonds. The van der Waals surface area contributed by atoms with E-state index in [0.717, 1.165) is 56.4 Å². The number of hydrogen-bond acceptors (Lipinski definition) is 4. The monoisotopic (exact) mass is 527 g/mol. The van der Waals surface area contributed by atoms with Crippen LogP contribution in [-0.2, 0) is 17.8 Å². The molecular formula is C22H34IN5O2. The third-order valence-electron chi connectivity index (χ3n) is 5.01. The zero-order valence-corrected chi connectivity index (χ0v) is 20.5. The van der Waals surface area contributed by atoms with Gasteiger partial charge in [-0.3, -0.25) is 9.67 Å². The Balaban J connectivity index is 0.00000320. The molecule has 1 aliphatic rings. The first-order chi connectivity index (χ1) is 14.1. The average molecular weight is 527 g/mol. The third kappa shape index (κ3) is 7.79. The van der Waals surface area contributed by atoms with E-state index in [4.69, 9.17) is 9.47 Å². The Morgan fingerprint density at radius 1 is 1.30 bits per heavy atom. The van der Waals surface area contributed by atoms with Gasteiger partial charge in [0.2, 0.25) is 0 Å². The van der Waals surface area contributed by atoms with Crippen LogP contribution in [0.5, 0.6) is 5.75 Å². The summed E-state index contributed by atoms with van der Waals surface area (Å²) in [6.45, 7) is 8.87. The highest BCUT2D eigenvalue weighted by atomic mass is 127. The van der Waals surface area contributed by atoms with E-state index >= 15 is 0 Å². The molecule has 0 aliphatic carbocycles. The molecule has 0 spiro atoms. The molecule has 1 atom stereocenters. The van der Waals surface area contributed by atoms with Crippen molar-refractivity contribution >= 4 is 29.9 Å². The largest absolute Gasteiger partial charge is 0.493 e. The first kappa shape index (κ1) is 24.5. The average Bonchev–Trinajstić information content (AvgIpc) is 3.38. The first-order valence-electron chi connectivity index (χ1n) is 10.4. The molecule has 7 nitrogen and oxygen atoms in total. The Bertz CT molecular complexity index is 803. The first-order valence-corrected chi connectivity index (χ1v) is 10.4. The van der Waals surface area contributed by atoms with Gasteiger partial charge in [-0.2, -0.15) is 5.10 Å². The highest BCUT2D eigenvalue weighted by Crippen LogP contribution is 2.22. The lowest BCUT2D eigenvalue weighted by atomic mass is 10.1. The van der Waals surface area contributed by atoms with Crippen molar-refractivity contribution in [1.29, 1.82) is 0 Å². The standard InChI is InChI=1S/C22H33N5O2.HI/c1-17-5-6-20(21(11-17)29-16-19-7-10-28-15-19)13-25-22(23-3)24-8-4-9-27-14-18(2)12-26-27;/h5-6,11-12,14,19H,4,7-10,13,15-16H2,1-3H3,(H2,23,24,25);1H. The van der Waals surface area contributed by atoms with Gasteiger partial charge in [0.25, 0.3) is 0 Å². The molecule has 1 aromatic heterocycles. The maximum atomic E-state index is 6.13. The highest BCUT2D eigenvalue weighted by molar-refractivity contribution is 14.0. The molecule has 2 N–H and O–H groups in total. The van der Waals surface area contributed by atoms with Gasteiger partial charge in [0.1, 0.15) is 5.75 Å². The van der Waals surface area contributed by atoms with Gasteiger partial charge >= 0.3 is 0 Å². The van der Waals surface area contributed by atoms with Gasteiger partial charge in [-0.05, 0) is 43.9 Å². The molecule has 1 saturated heterocycles. The summed E-state index contributed by atoms with van der Waals surface area (Å²) in [6.07, 6.45) is 6.00. The van der Waals surface area contributed by atoms with Gasteiger partial charge < -0.3 is 20.1 Å². The molecule has 0 saturated carbocycles.